The Morgan fingerprint density at radius 2 is 1.97 bits per heavy atom. The average Bonchev–Trinajstić information content (AvgIpc) is 3.57. The Morgan fingerprint density at radius 1 is 1.17 bits per heavy atom. The molecule has 0 amide bonds. The van der Waals surface area contributed by atoms with Crippen LogP contribution >= 0.6 is 0 Å². The highest BCUT2D eigenvalue weighted by Crippen LogP contribution is 2.35. The normalized spacial score (nSPS) is 15.6. The second-order valence-electron chi connectivity index (χ2n) is 10.3. The molecule has 0 radical (unpaired) electrons. The summed E-state index contributed by atoms with van der Waals surface area (Å²) in [6.45, 7) is 9.52. The van der Waals surface area contributed by atoms with Crippen LogP contribution in [0, 0.1) is 19.8 Å². The number of hydrogen-bond donors (Lipinski definition) is 1. The standard InChI is InChI=1S/C27H34N6O2/c1-17(2)25(26-29-30-31-33(26)21-8-5-6-9-21)32(16-22-10-7-11-35-22)15-20-14-23-19(4)12-18(3)13-24(23)28-27(20)34/h7,10-14,17,21,25H,5-6,8-9,15-16H2,1-4H3,(H,28,34). The first-order chi connectivity index (χ1) is 16.9. The monoisotopic (exact) mass is 474 g/mol. The van der Waals surface area contributed by atoms with Crippen molar-refractivity contribution in [2.45, 2.75) is 78.6 Å². The molecule has 0 aliphatic heterocycles. The van der Waals surface area contributed by atoms with Crippen molar-refractivity contribution in [2.24, 2.45) is 5.92 Å². The molecule has 1 atom stereocenters. The van der Waals surface area contributed by atoms with E-state index >= 15 is 0 Å². The molecule has 1 fully saturated rings. The maximum Gasteiger partial charge on any atom is 0.252 e. The zero-order valence-electron chi connectivity index (χ0n) is 21.0. The fourth-order valence-corrected chi connectivity index (χ4v) is 5.59. The molecule has 0 spiro atoms. The highest BCUT2D eigenvalue weighted by atomic mass is 16.3. The first-order valence-electron chi connectivity index (χ1n) is 12.6. The molecule has 0 bridgehead atoms. The third-order valence-corrected chi connectivity index (χ3v) is 7.18. The Labute approximate surface area is 205 Å². The van der Waals surface area contributed by atoms with Crippen molar-refractivity contribution in [3.63, 3.8) is 0 Å². The van der Waals surface area contributed by atoms with Gasteiger partial charge < -0.3 is 9.40 Å². The molecule has 184 valence electrons. The lowest BCUT2D eigenvalue weighted by atomic mass is 9.99. The number of fused-ring (bicyclic) bond motifs is 1. The summed E-state index contributed by atoms with van der Waals surface area (Å²) in [6.07, 6.45) is 6.30. The first kappa shape index (κ1) is 23.5. The number of rotatable bonds is 8. The quantitative estimate of drug-likeness (QED) is 0.375. The number of benzene rings is 1. The van der Waals surface area contributed by atoms with Gasteiger partial charge in [-0.05, 0) is 78.4 Å². The van der Waals surface area contributed by atoms with Crippen molar-refractivity contribution in [3.05, 3.63) is 75.2 Å². The summed E-state index contributed by atoms with van der Waals surface area (Å²) < 4.78 is 7.76. The highest BCUT2D eigenvalue weighted by Gasteiger charge is 2.33. The fraction of sp³-hybridized carbons (Fsp3) is 0.481. The molecule has 8 nitrogen and oxygen atoms in total. The average molecular weight is 475 g/mol. The molecule has 0 saturated heterocycles. The van der Waals surface area contributed by atoms with E-state index in [-0.39, 0.29) is 17.5 Å². The van der Waals surface area contributed by atoms with E-state index in [1.807, 2.05) is 35.9 Å². The topological polar surface area (TPSA) is 92.8 Å². The van der Waals surface area contributed by atoms with E-state index in [0.29, 0.717) is 19.1 Å². The number of H-pyrrole nitrogens is 1. The fourth-order valence-electron chi connectivity index (χ4n) is 5.59. The molecule has 5 rings (SSSR count). The van der Waals surface area contributed by atoms with Crippen LogP contribution in [0.5, 0.6) is 0 Å². The highest BCUT2D eigenvalue weighted by molar-refractivity contribution is 5.83. The van der Waals surface area contributed by atoms with Gasteiger partial charge in [0.1, 0.15) is 5.76 Å². The van der Waals surface area contributed by atoms with Crippen LogP contribution in [0.1, 0.15) is 79.9 Å². The number of aryl methyl sites for hydroxylation is 2. The predicted octanol–water partition coefficient (Wildman–Crippen LogP) is 5.24. The smallest absolute Gasteiger partial charge is 0.252 e. The Bertz CT molecular complexity index is 1350. The van der Waals surface area contributed by atoms with Crippen molar-refractivity contribution in [3.8, 4) is 0 Å². The number of pyridine rings is 1. The molecule has 1 N–H and O–H groups in total. The molecule has 1 aliphatic carbocycles. The molecule has 3 aromatic heterocycles. The van der Waals surface area contributed by atoms with Gasteiger partial charge in [0, 0.05) is 23.0 Å². The van der Waals surface area contributed by atoms with Crippen LogP contribution in [-0.4, -0.2) is 30.1 Å². The van der Waals surface area contributed by atoms with E-state index in [4.69, 9.17) is 4.42 Å². The molecule has 4 aromatic rings. The van der Waals surface area contributed by atoms with Crippen LogP contribution in [0.15, 0.2) is 45.8 Å². The molecule has 1 saturated carbocycles. The van der Waals surface area contributed by atoms with Crippen LogP contribution in [0.25, 0.3) is 10.9 Å². The van der Waals surface area contributed by atoms with Gasteiger partial charge >= 0.3 is 0 Å². The molecule has 3 heterocycles. The van der Waals surface area contributed by atoms with Gasteiger partial charge in [-0.3, -0.25) is 9.69 Å². The predicted molar refractivity (Wildman–Crippen MR) is 135 cm³/mol. The van der Waals surface area contributed by atoms with Gasteiger partial charge in [0.05, 0.1) is 24.9 Å². The van der Waals surface area contributed by atoms with Crippen molar-refractivity contribution in [1.29, 1.82) is 0 Å². The molecule has 1 aromatic carbocycles. The van der Waals surface area contributed by atoms with Gasteiger partial charge in [-0.1, -0.05) is 32.8 Å². The summed E-state index contributed by atoms with van der Waals surface area (Å²) in [7, 11) is 0. The Balaban J connectivity index is 1.56. The van der Waals surface area contributed by atoms with E-state index in [2.05, 4.69) is 52.2 Å². The van der Waals surface area contributed by atoms with Gasteiger partial charge in [0.25, 0.3) is 5.56 Å². The lowest BCUT2D eigenvalue weighted by Crippen LogP contribution is -2.35. The van der Waals surface area contributed by atoms with Crippen LogP contribution in [-0.2, 0) is 13.1 Å². The lowest BCUT2D eigenvalue weighted by Gasteiger charge is -2.33. The maximum atomic E-state index is 13.2. The van der Waals surface area contributed by atoms with E-state index in [9.17, 15) is 4.79 Å². The van der Waals surface area contributed by atoms with Crippen LogP contribution in [0.2, 0.25) is 0 Å². The number of hydrogen-bond acceptors (Lipinski definition) is 6. The molecular weight excluding hydrogens is 440 g/mol. The van der Waals surface area contributed by atoms with Crippen molar-refractivity contribution >= 4 is 10.9 Å². The van der Waals surface area contributed by atoms with Gasteiger partial charge in [-0.25, -0.2) is 4.68 Å². The summed E-state index contributed by atoms with van der Waals surface area (Å²) in [6, 6.07) is 10.3. The van der Waals surface area contributed by atoms with Crippen molar-refractivity contribution in [2.75, 3.05) is 0 Å². The van der Waals surface area contributed by atoms with Crippen molar-refractivity contribution < 1.29 is 4.42 Å². The number of nitrogens with zero attached hydrogens (tertiary/aromatic N) is 5. The Kier molecular flexibility index (Phi) is 6.56. The number of aromatic nitrogens is 5. The van der Waals surface area contributed by atoms with Crippen LogP contribution in [0.3, 0.4) is 0 Å². The number of tetrazole rings is 1. The molecule has 8 heteroatoms. The maximum absolute atomic E-state index is 13.2. The SMILES string of the molecule is Cc1cc(C)c2cc(CN(Cc3ccco3)C(c3nnnn3C3CCCC3)C(C)C)c(=O)[nH]c2c1. The largest absolute Gasteiger partial charge is 0.468 e. The summed E-state index contributed by atoms with van der Waals surface area (Å²) in [5.41, 5.74) is 3.82. The molecule has 35 heavy (non-hydrogen) atoms. The number of furan rings is 1. The number of aromatic amines is 1. The first-order valence-corrected chi connectivity index (χ1v) is 12.6. The third-order valence-electron chi connectivity index (χ3n) is 7.18. The summed E-state index contributed by atoms with van der Waals surface area (Å²) in [5.74, 6) is 1.93. The lowest BCUT2D eigenvalue weighted by molar-refractivity contribution is 0.114. The van der Waals surface area contributed by atoms with Gasteiger partial charge in [0.15, 0.2) is 5.82 Å². The molecule has 1 unspecified atom stereocenters. The second kappa shape index (κ2) is 9.77. The second-order valence-corrected chi connectivity index (χ2v) is 10.3. The zero-order valence-corrected chi connectivity index (χ0v) is 21.0. The summed E-state index contributed by atoms with van der Waals surface area (Å²) in [5, 5.41) is 14.1. The van der Waals surface area contributed by atoms with Crippen molar-refractivity contribution in [1.82, 2.24) is 30.1 Å². The number of nitrogens with one attached hydrogen (secondary N) is 1. The van der Waals surface area contributed by atoms with Gasteiger partial charge in [-0.2, -0.15) is 0 Å². The minimum atomic E-state index is -0.0788. The van der Waals surface area contributed by atoms with Gasteiger partial charge in [-0.15, -0.1) is 5.10 Å². The third kappa shape index (κ3) is 4.80. The van der Waals surface area contributed by atoms with Crippen LogP contribution in [0.4, 0.5) is 0 Å². The van der Waals surface area contributed by atoms with E-state index in [1.54, 1.807) is 6.26 Å². The van der Waals surface area contributed by atoms with E-state index in [1.165, 1.54) is 12.8 Å². The van der Waals surface area contributed by atoms with E-state index in [0.717, 1.165) is 52.0 Å². The van der Waals surface area contributed by atoms with Crippen LogP contribution < -0.4 is 5.56 Å². The summed E-state index contributed by atoms with van der Waals surface area (Å²) in [4.78, 5) is 18.6. The Morgan fingerprint density at radius 3 is 2.69 bits per heavy atom. The minimum Gasteiger partial charge on any atom is -0.468 e. The zero-order chi connectivity index (χ0) is 24.5. The summed E-state index contributed by atoms with van der Waals surface area (Å²) >= 11 is 0. The van der Waals surface area contributed by atoms with Gasteiger partial charge in [0.2, 0.25) is 0 Å². The molecule has 1 aliphatic rings. The molecular formula is C27H34N6O2. The minimum absolute atomic E-state index is 0.0650. The van der Waals surface area contributed by atoms with E-state index < -0.39 is 0 Å². The Hall–Kier alpha value is -3.26.